The second kappa shape index (κ2) is 9.41. The van der Waals surface area contributed by atoms with E-state index in [2.05, 4.69) is 15.3 Å². The van der Waals surface area contributed by atoms with Crippen molar-refractivity contribution in [1.82, 2.24) is 20.2 Å². The van der Waals surface area contributed by atoms with Gasteiger partial charge < -0.3 is 10.2 Å². The van der Waals surface area contributed by atoms with Crippen molar-refractivity contribution in [3.05, 3.63) is 95.6 Å². The molecule has 0 fully saturated rings. The first-order valence-electron chi connectivity index (χ1n) is 9.13. The minimum absolute atomic E-state index is 0.130. The Hall–Kier alpha value is -3.54. The topological polar surface area (TPSA) is 75.2 Å². The van der Waals surface area contributed by atoms with Crippen LogP contribution in [0.1, 0.15) is 38.9 Å². The zero-order valence-electron chi connectivity index (χ0n) is 15.7. The zero-order valence-corrected chi connectivity index (χ0v) is 15.7. The number of nitrogens with zero attached hydrogens (tertiary/aromatic N) is 3. The molecular formula is C22H22N4O2. The first-order valence-corrected chi connectivity index (χ1v) is 9.13. The molecule has 0 saturated carbocycles. The number of nitrogens with one attached hydrogen (secondary N) is 1. The van der Waals surface area contributed by atoms with E-state index in [9.17, 15) is 9.59 Å². The van der Waals surface area contributed by atoms with Crippen LogP contribution in [0, 0.1) is 0 Å². The highest BCUT2D eigenvalue weighted by Gasteiger charge is 2.17. The number of amides is 2. The molecule has 0 spiro atoms. The van der Waals surface area contributed by atoms with Crippen LogP contribution in [-0.2, 0) is 13.1 Å². The Morgan fingerprint density at radius 1 is 1.00 bits per heavy atom. The van der Waals surface area contributed by atoms with Crippen LogP contribution in [0.5, 0.6) is 0 Å². The molecule has 6 nitrogen and oxygen atoms in total. The first kappa shape index (κ1) is 19.2. The third kappa shape index (κ3) is 5.01. The summed E-state index contributed by atoms with van der Waals surface area (Å²) in [5, 5.41) is 2.80. The molecular weight excluding hydrogens is 352 g/mol. The van der Waals surface area contributed by atoms with E-state index in [1.54, 1.807) is 23.4 Å². The van der Waals surface area contributed by atoms with Crippen LogP contribution in [0.4, 0.5) is 0 Å². The summed E-state index contributed by atoms with van der Waals surface area (Å²) in [6.07, 6.45) is 4.86. The maximum atomic E-state index is 12.9. The van der Waals surface area contributed by atoms with Crippen molar-refractivity contribution in [2.24, 2.45) is 0 Å². The zero-order chi connectivity index (χ0) is 19.8. The first-order chi connectivity index (χ1) is 13.7. The molecule has 0 bridgehead atoms. The average molecular weight is 374 g/mol. The lowest BCUT2D eigenvalue weighted by atomic mass is 10.1. The third-order valence-corrected chi connectivity index (χ3v) is 4.30. The van der Waals surface area contributed by atoms with Gasteiger partial charge in [-0.15, -0.1) is 0 Å². The maximum absolute atomic E-state index is 12.9. The number of rotatable bonds is 7. The van der Waals surface area contributed by atoms with Gasteiger partial charge in [0.2, 0.25) is 0 Å². The molecule has 142 valence electrons. The molecule has 0 aliphatic carbocycles. The van der Waals surface area contributed by atoms with Crippen molar-refractivity contribution >= 4 is 11.8 Å². The number of carbonyl (C=O) groups is 2. The number of hydrogen-bond acceptors (Lipinski definition) is 4. The average Bonchev–Trinajstić information content (AvgIpc) is 2.77. The quantitative estimate of drug-likeness (QED) is 0.690. The van der Waals surface area contributed by atoms with Gasteiger partial charge >= 0.3 is 0 Å². The lowest BCUT2D eigenvalue weighted by molar-refractivity contribution is 0.0752. The van der Waals surface area contributed by atoms with Crippen molar-refractivity contribution < 1.29 is 9.59 Å². The fourth-order valence-corrected chi connectivity index (χ4v) is 2.78. The molecule has 0 aliphatic rings. The Balaban J connectivity index is 1.68. The molecule has 28 heavy (non-hydrogen) atoms. The van der Waals surface area contributed by atoms with Crippen molar-refractivity contribution in [2.45, 2.75) is 20.0 Å². The maximum Gasteiger partial charge on any atom is 0.270 e. The van der Waals surface area contributed by atoms with Crippen molar-refractivity contribution in [1.29, 1.82) is 0 Å². The van der Waals surface area contributed by atoms with Crippen LogP contribution < -0.4 is 5.32 Å². The summed E-state index contributed by atoms with van der Waals surface area (Å²) in [4.78, 5) is 35.2. The molecule has 0 unspecified atom stereocenters. The van der Waals surface area contributed by atoms with E-state index in [0.717, 1.165) is 11.1 Å². The Kier molecular flexibility index (Phi) is 6.46. The van der Waals surface area contributed by atoms with E-state index in [4.69, 9.17) is 0 Å². The fraction of sp³-hybridized carbons (Fsp3) is 0.182. The molecule has 0 aliphatic heterocycles. The van der Waals surface area contributed by atoms with Crippen LogP contribution >= 0.6 is 0 Å². The molecule has 2 aromatic heterocycles. The second-order valence-electron chi connectivity index (χ2n) is 6.28. The van der Waals surface area contributed by atoms with Gasteiger partial charge in [0.15, 0.2) is 0 Å². The van der Waals surface area contributed by atoms with Gasteiger partial charge in [-0.05, 0) is 36.2 Å². The van der Waals surface area contributed by atoms with Crippen LogP contribution in [0.2, 0.25) is 0 Å². The fourth-order valence-electron chi connectivity index (χ4n) is 2.78. The van der Waals surface area contributed by atoms with E-state index in [1.165, 1.54) is 12.3 Å². The van der Waals surface area contributed by atoms with E-state index >= 15 is 0 Å². The minimum Gasteiger partial charge on any atom is -0.347 e. The molecule has 3 aromatic rings. The third-order valence-electron chi connectivity index (χ3n) is 4.30. The Labute approximate surface area is 164 Å². The van der Waals surface area contributed by atoms with Crippen molar-refractivity contribution in [2.75, 3.05) is 6.54 Å². The summed E-state index contributed by atoms with van der Waals surface area (Å²) in [7, 11) is 0. The van der Waals surface area contributed by atoms with Crippen molar-refractivity contribution in [3.63, 3.8) is 0 Å². The molecule has 0 atom stereocenters. The number of aromatic nitrogens is 2. The normalized spacial score (nSPS) is 10.3. The van der Waals surface area contributed by atoms with Gasteiger partial charge in [0.25, 0.3) is 11.8 Å². The lowest BCUT2D eigenvalue weighted by Crippen LogP contribution is -2.31. The SMILES string of the molecule is CCN(Cc1ccccc1)C(=O)c1ccnc(C(=O)NCc2cccnc2)c1. The highest BCUT2D eigenvalue weighted by molar-refractivity contribution is 5.98. The van der Waals surface area contributed by atoms with Gasteiger partial charge in [0.1, 0.15) is 5.69 Å². The highest BCUT2D eigenvalue weighted by Crippen LogP contribution is 2.11. The van der Waals surface area contributed by atoms with Gasteiger partial charge in [0, 0.05) is 43.8 Å². The van der Waals surface area contributed by atoms with Crippen LogP contribution in [-0.4, -0.2) is 33.2 Å². The number of hydrogen-bond donors (Lipinski definition) is 1. The molecule has 1 aromatic carbocycles. The largest absolute Gasteiger partial charge is 0.347 e. The molecule has 3 rings (SSSR count). The number of pyridine rings is 2. The lowest BCUT2D eigenvalue weighted by Gasteiger charge is -2.21. The van der Waals surface area contributed by atoms with Gasteiger partial charge in [-0.2, -0.15) is 0 Å². The van der Waals surface area contributed by atoms with E-state index < -0.39 is 0 Å². The highest BCUT2D eigenvalue weighted by atomic mass is 16.2. The summed E-state index contributed by atoms with van der Waals surface area (Å²) in [5.41, 5.74) is 2.61. The summed E-state index contributed by atoms with van der Waals surface area (Å²) in [6, 6.07) is 16.7. The van der Waals surface area contributed by atoms with Gasteiger partial charge in [-0.1, -0.05) is 36.4 Å². The molecule has 0 radical (unpaired) electrons. The Morgan fingerprint density at radius 3 is 2.50 bits per heavy atom. The monoisotopic (exact) mass is 374 g/mol. The molecule has 2 heterocycles. The van der Waals surface area contributed by atoms with E-state index in [0.29, 0.717) is 25.2 Å². The number of benzene rings is 1. The predicted octanol–water partition coefficient (Wildman–Crippen LogP) is 3.07. The summed E-state index contributed by atoms with van der Waals surface area (Å²) in [5.74, 6) is -0.459. The minimum atomic E-state index is -0.329. The van der Waals surface area contributed by atoms with Gasteiger partial charge in [-0.3, -0.25) is 19.6 Å². The standard InChI is InChI=1S/C22H22N4O2/c1-2-26(16-17-7-4-3-5-8-17)22(28)19-10-12-24-20(13-19)21(27)25-15-18-9-6-11-23-14-18/h3-14H,2,15-16H2,1H3,(H,25,27). The molecule has 1 N–H and O–H groups in total. The van der Waals surface area contributed by atoms with E-state index in [1.807, 2.05) is 49.4 Å². The summed E-state index contributed by atoms with van der Waals surface area (Å²) in [6.45, 7) is 3.37. The molecule has 0 saturated heterocycles. The summed E-state index contributed by atoms with van der Waals surface area (Å²) < 4.78 is 0. The number of carbonyl (C=O) groups excluding carboxylic acids is 2. The van der Waals surface area contributed by atoms with Crippen LogP contribution in [0.25, 0.3) is 0 Å². The van der Waals surface area contributed by atoms with Crippen molar-refractivity contribution in [3.8, 4) is 0 Å². The van der Waals surface area contributed by atoms with Gasteiger partial charge in [0.05, 0.1) is 0 Å². The summed E-state index contributed by atoms with van der Waals surface area (Å²) >= 11 is 0. The van der Waals surface area contributed by atoms with Crippen LogP contribution in [0.3, 0.4) is 0 Å². The Morgan fingerprint density at radius 2 is 1.79 bits per heavy atom. The van der Waals surface area contributed by atoms with Gasteiger partial charge in [-0.25, -0.2) is 0 Å². The smallest absolute Gasteiger partial charge is 0.270 e. The Bertz CT molecular complexity index is 930. The molecule has 2 amide bonds. The van der Waals surface area contributed by atoms with E-state index in [-0.39, 0.29) is 17.5 Å². The van der Waals surface area contributed by atoms with Crippen LogP contribution in [0.15, 0.2) is 73.2 Å². The second-order valence-corrected chi connectivity index (χ2v) is 6.28. The predicted molar refractivity (Wildman–Crippen MR) is 107 cm³/mol. The molecule has 6 heteroatoms.